The fourth-order valence-corrected chi connectivity index (χ4v) is 4.50. The molecule has 0 unspecified atom stereocenters. The maximum atomic E-state index is 12.8. The number of aromatic nitrogens is 4. The fraction of sp³-hybridized carbons (Fsp3) is 0.296. The molecule has 5 rings (SSSR count). The van der Waals surface area contributed by atoms with Crippen LogP contribution < -0.4 is 25.4 Å². The molecule has 2 aromatic heterocycles. The molecule has 11 heteroatoms. The van der Waals surface area contributed by atoms with E-state index in [1.165, 1.54) is 5.56 Å². The Bertz CT molecular complexity index is 1470. The maximum Gasteiger partial charge on any atom is 0.317 e. The van der Waals surface area contributed by atoms with Gasteiger partial charge in [-0.1, -0.05) is 29.8 Å². The minimum absolute atomic E-state index is 0.0891. The van der Waals surface area contributed by atoms with Gasteiger partial charge in [0.1, 0.15) is 0 Å². The largest absolute Gasteiger partial charge is 0.493 e. The van der Waals surface area contributed by atoms with Crippen molar-refractivity contribution in [2.45, 2.75) is 13.5 Å². The van der Waals surface area contributed by atoms with Crippen LogP contribution in [-0.2, 0) is 6.54 Å². The number of urea groups is 1. The first kappa shape index (κ1) is 25.0. The van der Waals surface area contributed by atoms with Crippen molar-refractivity contribution in [1.29, 1.82) is 0 Å². The van der Waals surface area contributed by atoms with Crippen molar-refractivity contribution in [3.05, 3.63) is 59.8 Å². The van der Waals surface area contributed by atoms with E-state index in [1.54, 1.807) is 25.3 Å². The van der Waals surface area contributed by atoms with Gasteiger partial charge in [0, 0.05) is 38.3 Å². The van der Waals surface area contributed by atoms with Crippen LogP contribution in [0.3, 0.4) is 0 Å². The SMILES string of the molecule is COc1ccc(-c2cnc3nc(N)nc(N4CCN(C(=O)NCc5cccc(C)c5)CC4)c3n2)cc1OC. The lowest BCUT2D eigenvalue weighted by molar-refractivity contribution is 0.194. The molecule has 1 fully saturated rings. The van der Waals surface area contributed by atoms with Crippen LogP contribution in [0, 0.1) is 6.92 Å². The Labute approximate surface area is 220 Å². The van der Waals surface area contributed by atoms with Gasteiger partial charge in [0.2, 0.25) is 5.95 Å². The number of anilines is 2. The van der Waals surface area contributed by atoms with Crippen molar-refractivity contribution in [3.8, 4) is 22.8 Å². The summed E-state index contributed by atoms with van der Waals surface area (Å²) < 4.78 is 10.8. The molecule has 3 N–H and O–H groups in total. The number of piperazine rings is 1. The van der Waals surface area contributed by atoms with E-state index >= 15 is 0 Å². The molecule has 0 aliphatic carbocycles. The quantitative estimate of drug-likeness (QED) is 0.398. The fourth-order valence-electron chi connectivity index (χ4n) is 4.50. The van der Waals surface area contributed by atoms with Crippen LogP contribution >= 0.6 is 0 Å². The molecule has 196 valence electrons. The van der Waals surface area contributed by atoms with E-state index in [4.69, 9.17) is 20.2 Å². The first-order chi connectivity index (χ1) is 18.4. The highest BCUT2D eigenvalue weighted by Gasteiger charge is 2.25. The summed E-state index contributed by atoms with van der Waals surface area (Å²) in [6, 6.07) is 13.6. The van der Waals surface area contributed by atoms with E-state index in [-0.39, 0.29) is 12.0 Å². The van der Waals surface area contributed by atoms with Gasteiger partial charge in [0.05, 0.1) is 26.1 Å². The standard InChI is InChI=1S/C27H30N8O3/c1-17-5-4-6-18(13-17)15-30-27(36)35-11-9-34(10-12-35)25-23-24(32-26(28)33-25)29-16-20(31-23)19-7-8-21(37-2)22(14-19)38-3/h4-8,13-14,16H,9-12,15H2,1-3H3,(H,30,36)(H2,28,29,32,33). The van der Waals surface area contributed by atoms with Gasteiger partial charge in [-0.05, 0) is 30.7 Å². The Balaban J connectivity index is 1.33. The van der Waals surface area contributed by atoms with Gasteiger partial charge in [-0.2, -0.15) is 9.97 Å². The number of amides is 2. The first-order valence-corrected chi connectivity index (χ1v) is 12.3. The molecule has 0 bridgehead atoms. The molecule has 1 aliphatic heterocycles. The third-order valence-electron chi connectivity index (χ3n) is 6.48. The zero-order valence-electron chi connectivity index (χ0n) is 21.6. The van der Waals surface area contributed by atoms with E-state index in [1.807, 2.05) is 43.3 Å². The summed E-state index contributed by atoms with van der Waals surface area (Å²) in [5.41, 5.74) is 10.7. The van der Waals surface area contributed by atoms with Crippen LogP contribution in [0.4, 0.5) is 16.6 Å². The van der Waals surface area contributed by atoms with E-state index in [2.05, 4.69) is 31.2 Å². The number of aryl methyl sites for hydroxylation is 1. The number of carbonyl (C=O) groups is 1. The van der Waals surface area contributed by atoms with Gasteiger partial charge in [-0.25, -0.2) is 14.8 Å². The van der Waals surface area contributed by atoms with Gasteiger partial charge in [-0.3, -0.25) is 0 Å². The first-order valence-electron chi connectivity index (χ1n) is 12.3. The third-order valence-corrected chi connectivity index (χ3v) is 6.48. The Morgan fingerprint density at radius 3 is 2.53 bits per heavy atom. The second-order valence-corrected chi connectivity index (χ2v) is 9.02. The lowest BCUT2D eigenvalue weighted by Crippen LogP contribution is -2.52. The van der Waals surface area contributed by atoms with Crippen molar-refractivity contribution < 1.29 is 14.3 Å². The van der Waals surface area contributed by atoms with Gasteiger partial charge in [-0.15, -0.1) is 0 Å². The topological polar surface area (TPSA) is 132 Å². The number of fused-ring (bicyclic) bond motifs is 1. The average Bonchev–Trinajstić information content (AvgIpc) is 2.95. The summed E-state index contributed by atoms with van der Waals surface area (Å²) >= 11 is 0. The molecular formula is C27H30N8O3. The Morgan fingerprint density at radius 2 is 1.79 bits per heavy atom. The van der Waals surface area contributed by atoms with Crippen molar-refractivity contribution in [1.82, 2.24) is 30.2 Å². The number of rotatable bonds is 6. The van der Waals surface area contributed by atoms with E-state index in [0.717, 1.165) is 11.1 Å². The summed E-state index contributed by atoms with van der Waals surface area (Å²) in [5.74, 6) is 1.95. The van der Waals surface area contributed by atoms with Crippen LogP contribution in [0.15, 0.2) is 48.7 Å². The van der Waals surface area contributed by atoms with E-state index in [9.17, 15) is 4.79 Å². The molecule has 1 saturated heterocycles. The van der Waals surface area contributed by atoms with Crippen LogP contribution in [0.2, 0.25) is 0 Å². The minimum Gasteiger partial charge on any atom is -0.493 e. The zero-order chi connectivity index (χ0) is 26.6. The predicted molar refractivity (Wildman–Crippen MR) is 145 cm³/mol. The highest BCUT2D eigenvalue weighted by atomic mass is 16.5. The zero-order valence-corrected chi connectivity index (χ0v) is 21.6. The normalized spacial score (nSPS) is 13.4. The number of hydrogen-bond acceptors (Lipinski definition) is 9. The molecule has 0 radical (unpaired) electrons. The van der Waals surface area contributed by atoms with E-state index in [0.29, 0.717) is 66.9 Å². The lowest BCUT2D eigenvalue weighted by Gasteiger charge is -2.35. The number of benzene rings is 2. The molecular weight excluding hydrogens is 484 g/mol. The molecule has 0 saturated carbocycles. The number of methoxy groups -OCH3 is 2. The van der Waals surface area contributed by atoms with Crippen molar-refractivity contribution in [2.24, 2.45) is 0 Å². The molecule has 11 nitrogen and oxygen atoms in total. The summed E-state index contributed by atoms with van der Waals surface area (Å²) in [7, 11) is 3.18. The number of ether oxygens (including phenoxy) is 2. The number of nitrogens with two attached hydrogens (primary N) is 1. The second-order valence-electron chi connectivity index (χ2n) is 9.02. The van der Waals surface area contributed by atoms with Crippen molar-refractivity contribution in [3.63, 3.8) is 0 Å². The Hall–Kier alpha value is -4.67. The number of nitrogens with zero attached hydrogens (tertiary/aromatic N) is 6. The van der Waals surface area contributed by atoms with Crippen LogP contribution in [0.1, 0.15) is 11.1 Å². The number of carbonyl (C=O) groups excluding carboxylic acids is 1. The number of nitrogen functional groups attached to an aromatic ring is 1. The summed E-state index contributed by atoms with van der Waals surface area (Å²) in [6.45, 7) is 4.75. The molecule has 38 heavy (non-hydrogen) atoms. The van der Waals surface area contributed by atoms with Crippen LogP contribution in [-0.4, -0.2) is 71.3 Å². The summed E-state index contributed by atoms with van der Waals surface area (Å²) in [6.07, 6.45) is 1.65. The Kier molecular flexibility index (Phi) is 7.07. The predicted octanol–water partition coefficient (Wildman–Crippen LogP) is 3.03. The average molecular weight is 515 g/mol. The third kappa shape index (κ3) is 5.22. The minimum atomic E-state index is -0.0891. The molecule has 0 atom stereocenters. The second kappa shape index (κ2) is 10.8. The van der Waals surface area contributed by atoms with Crippen LogP contribution in [0.5, 0.6) is 11.5 Å². The number of hydrogen-bond donors (Lipinski definition) is 2. The molecule has 2 amide bonds. The summed E-state index contributed by atoms with van der Waals surface area (Å²) in [4.78, 5) is 34.8. The van der Waals surface area contributed by atoms with Crippen LogP contribution in [0.25, 0.3) is 22.4 Å². The van der Waals surface area contributed by atoms with Gasteiger partial charge in [0.25, 0.3) is 0 Å². The van der Waals surface area contributed by atoms with Gasteiger partial charge < -0.3 is 30.3 Å². The maximum absolute atomic E-state index is 12.8. The van der Waals surface area contributed by atoms with Crippen molar-refractivity contribution in [2.75, 3.05) is 51.0 Å². The lowest BCUT2D eigenvalue weighted by atomic mass is 10.1. The molecule has 4 aromatic rings. The smallest absolute Gasteiger partial charge is 0.317 e. The van der Waals surface area contributed by atoms with Crippen molar-refractivity contribution >= 4 is 29.0 Å². The van der Waals surface area contributed by atoms with Gasteiger partial charge in [0.15, 0.2) is 28.5 Å². The highest BCUT2D eigenvalue weighted by molar-refractivity contribution is 5.86. The number of nitrogens with one attached hydrogen (secondary N) is 1. The van der Waals surface area contributed by atoms with E-state index < -0.39 is 0 Å². The summed E-state index contributed by atoms with van der Waals surface area (Å²) in [5, 5.41) is 3.01. The van der Waals surface area contributed by atoms with Gasteiger partial charge >= 0.3 is 6.03 Å². The molecule has 2 aromatic carbocycles. The highest BCUT2D eigenvalue weighted by Crippen LogP contribution is 2.32. The molecule has 3 heterocycles. The Morgan fingerprint density at radius 1 is 1.00 bits per heavy atom. The molecule has 0 spiro atoms. The monoisotopic (exact) mass is 514 g/mol. The molecule has 1 aliphatic rings.